The topological polar surface area (TPSA) is 86.6 Å². The van der Waals surface area contributed by atoms with Gasteiger partial charge in [-0.3, -0.25) is 4.79 Å². The van der Waals surface area contributed by atoms with Crippen LogP contribution in [0.15, 0.2) is 24.3 Å². The van der Waals surface area contributed by atoms with Gasteiger partial charge in [0.15, 0.2) is 0 Å². The fraction of sp³-hybridized carbons (Fsp3) is 0.385. The lowest BCUT2D eigenvalue weighted by Crippen LogP contribution is -2.30. The average molecular weight is 342 g/mol. The summed E-state index contributed by atoms with van der Waals surface area (Å²) in [7, 11) is 1.77. The van der Waals surface area contributed by atoms with Crippen LogP contribution in [-0.4, -0.2) is 41.4 Å². The highest BCUT2D eigenvalue weighted by molar-refractivity contribution is 6.30. The molecule has 0 bridgehead atoms. The molecule has 1 aromatic rings. The number of likely N-dealkylation sites (N-methyl/N-ethyl adjacent to an activating group) is 1. The van der Waals surface area contributed by atoms with Crippen LogP contribution in [0.5, 0.6) is 0 Å². The first-order valence-corrected chi connectivity index (χ1v) is 6.37. The molecule has 0 amide bonds. The number of halogens is 4. The van der Waals surface area contributed by atoms with Gasteiger partial charge in [0.25, 0.3) is 0 Å². The zero-order valence-corrected chi connectivity index (χ0v) is 12.3. The van der Waals surface area contributed by atoms with Gasteiger partial charge in [-0.15, -0.1) is 0 Å². The van der Waals surface area contributed by atoms with Crippen LogP contribution in [0.1, 0.15) is 12.0 Å². The molecule has 0 heterocycles. The molecule has 1 aromatic carbocycles. The summed E-state index contributed by atoms with van der Waals surface area (Å²) in [5, 5.41) is 19.5. The Morgan fingerprint density at radius 2 is 1.68 bits per heavy atom. The monoisotopic (exact) mass is 341 g/mol. The number of carboxylic acids is 2. The molecule has 1 unspecified atom stereocenters. The number of hydrogen-bond acceptors (Lipinski definition) is 3. The molecule has 5 nitrogen and oxygen atoms in total. The minimum absolute atomic E-state index is 0.0383. The van der Waals surface area contributed by atoms with Crippen LogP contribution in [0.4, 0.5) is 13.2 Å². The van der Waals surface area contributed by atoms with Crippen molar-refractivity contribution >= 4 is 23.5 Å². The predicted octanol–water partition coefficient (Wildman–Crippen LogP) is 2.58. The van der Waals surface area contributed by atoms with E-state index in [0.29, 0.717) is 11.4 Å². The highest BCUT2D eigenvalue weighted by Gasteiger charge is 2.38. The summed E-state index contributed by atoms with van der Waals surface area (Å²) in [4.78, 5) is 19.4. The number of aliphatic carboxylic acids is 2. The van der Waals surface area contributed by atoms with Gasteiger partial charge in [0, 0.05) is 11.1 Å². The number of benzene rings is 1. The molecule has 1 atom stereocenters. The van der Waals surface area contributed by atoms with E-state index < -0.39 is 18.1 Å². The van der Waals surface area contributed by atoms with Crippen molar-refractivity contribution in [3.63, 3.8) is 0 Å². The van der Waals surface area contributed by atoms with Crippen molar-refractivity contribution in [2.75, 3.05) is 7.05 Å². The number of carbonyl (C=O) groups is 2. The van der Waals surface area contributed by atoms with Crippen LogP contribution < -0.4 is 5.32 Å². The van der Waals surface area contributed by atoms with E-state index in [4.69, 9.17) is 26.6 Å². The molecule has 0 aromatic heterocycles. The molecular weight excluding hydrogens is 327 g/mol. The van der Waals surface area contributed by atoms with E-state index >= 15 is 0 Å². The predicted molar refractivity (Wildman–Crippen MR) is 73.9 cm³/mol. The van der Waals surface area contributed by atoms with E-state index in [1.807, 2.05) is 24.3 Å². The molecular formula is C13H15ClF3NO4. The van der Waals surface area contributed by atoms with Gasteiger partial charge >= 0.3 is 18.1 Å². The molecule has 9 heteroatoms. The van der Waals surface area contributed by atoms with Gasteiger partial charge in [-0.1, -0.05) is 23.7 Å². The quantitative estimate of drug-likeness (QED) is 0.766. The van der Waals surface area contributed by atoms with Gasteiger partial charge in [-0.25, -0.2) is 4.79 Å². The molecule has 0 spiro atoms. The first kappa shape index (κ1) is 20.2. The third-order valence-corrected chi connectivity index (χ3v) is 2.72. The third-order valence-electron chi connectivity index (χ3n) is 2.47. The molecule has 0 saturated carbocycles. The standard InChI is InChI=1S/C11H14ClNO2.C2HF3O2/c1-13-10(7-11(14)15)6-8-2-4-9(12)5-3-8;3-2(4,5)1(6)7/h2-5,10,13H,6-7H2,1H3,(H,14,15);(H,6,7). The normalized spacial score (nSPS) is 12.0. The molecule has 124 valence electrons. The number of hydrogen-bond donors (Lipinski definition) is 3. The van der Waals surface area contributed by atoms with Crippen molar-refractivity contribution in [2.45, 2.75) is 25.1 Å². The third kappa shape index (κ3) is 9.19. The molecule has 0 radical (unpaired) electrons. The lowest BCUT2D eigenvalue weighted by atomic mass is 10.0. The van der Waals surface area contributed by atoms with Crippen LogP contribution in [0.25, 0.3) is 0 Å². The lowest BCUT2D eigenvalue weighted by molar-refractivity contribution is -0.192. The maximum atomic E-state index is 10.6. The second-order valence-electron chi connectivity index (χ2n) is 4.22. The van der Waals surface area contributed by atoms with E-state index in [0.717, 1.165) is 5.56 Å². The van der Waals surface area contributed by atoms with Crippen LogP contribution in [0.3, 0.4) is 0 Å². The second kappa shape index (κ2) is 9.26. The van der Waals surface area contributed by atoms with E-state index in [1.54, 1.807) is 7.05 Å². The zero-order valence-electron chi connectivity index (χ0n) is 11.5. The Morgan fingerprint density at radius 1 is 1.23 bits per heavy atom. The Morgan fingerprint density at radius 3 is 2.00 bits per heavy atom. The van der Waals surface area contributed by atoms with Crippen LogP contribution in [0, 0.1) is 0 Å². The Hall–Kier alpha value is -1.80. The number of carboxylic acid groups (broad SMARTS) is 2. The van der Waals surface area contributed by atoms with Gasteiger partial charge in [-0.05, 0) is 31.2 Å². The van der Waals surface area contributed by atoms with Crippen molar-refractivity contribution in [1.82, 2.24) is 5.32 Å². The molecule has 0 saturated heterocycles. The fourth-order valence-corrected chi connectivity index (χ4v) is 1.52. The molecule has 0 aliphatic rings. The molecule has 1 rings (SSSR count). The summed E-state index contributed by atoms with van der Waals surface area (Å²) in [6.45, 7) is 0. The van der Waals surface area contributed by atoms with Crippen LogP contribution in [0.2, 0.25) is 5.02 Å². The average Bonchev–Trinajstić information content (AvgIpc) is 2.39. The second-order valence-corrected chi connectivity index (χ2v) is 4.65. The summed E-state index contributed by atoms with van der Waals surface area (Å²) in [6.07, 6.45) is -4.26. The van der Waals surface area contributed by atoms with E-state index in [-0.39, 0.29) is 12.5 Å². The van der Waals surface area contributed by atoms with Crippen molar-refractivity contribution in [2.24, 2.45) is 0 Å². The number of rotatable bonds is 5. The SMILES string of the molecule is CNC(CC(=O)O)Cc1ccc(Cl)cc1.O=C(O)C(F)(F)F. The van der Waals surface area contributed by atoms with Gasteiger partial charge in [-0.2, -0.15) is 13.2 Å². The smallest absolute Gasteiger partial charge is 0.481 e. The Balaban J connectivity index is 0.000000534. The lowest BCUT2D eigenvalue weighted by Gasteiger charge is -2.13. The van der Waals surface area contributed by atoms with Crippen molar-refractivity contribution in [1.29, 1.82) is 0 Å². The molecule has 3 N–H and O–H groups in total. The molecule has 0 fully saturated rings. The molecule has 0 aliphatic heterocycles. The van der Waals surface area contributed by atoms with Crippen LogP contribution >= 0.6 is 11.6 Å². The molecule has 0 aliphatic carbocycles. The molecule has 22 heavy (non-hydrogen) atoms. The van der Waals surface area contributed by atoms with Gasteiger partial charge in [0.1, 0.15) is 0 Å². The first-order valence-electron chi connectivity index (χ1n) is 6.00. The number of nitrogens with one attached hydrogen (secondary N) is 1. The number of alkyl halides is 3. The Bertz CT molecular complexity index is 491. The zero-order chi connectivity index (χ0) is 17.3. The fourth-order valence-electron chi connectivity index (χ4n) is 1.39. The first-order chi connectivity index (χ1) is 10.1. The van der Waals surface area contributed by atoms with Gasteiger partial charge in [0.2, 0.25) is 0 Å². The van der Waals surface area contributed by atoms with Gasteiger partial charge in [0.05, 0.1) is 6.42 Å². The van der Waals surface area contributed by atoms with Crippen molar-refractivity contribution in [3.05, 3.63) is 34.9 Å². The van der Waals surface area contributed by atoms with Crippen molar-refractivity contribution in [3.8, 4) is 0 Å². The summed E-state index contributed by atoms with van der Waals surface area (Å²) < 4.78 is 31.7. The minimum atomic E-state index is -5.08. The maximum Gasteiger partial charge on any atom is 0.490 e. The van der Waals surface area contributed by atoms with Gasteiger partial charge < -0.3 is 15.5 Å². The van der Waals surface area contributed by atoms with E-state index in [9.17, 15) is 18.0 Å². The summed E-state index contributed by atoms with van der Waals surface area (Å²) in [6, 6.07) is 7.40. The highest BCUT2D eigenvalue weighted by Crippen LogP contribution is 2.13. The van der Waals surface area contributed by atoms with Crippen LogP contribution in [-0.2, 0) is 16.0 Å². The Labute approximate surface area is 129 Å². The Kier molecular flexibility index (Phi) is 8.51. The summed E-state index contributed by atoms with van der Waals surface area (Å²) in [5.41, 5.74) is 1.08. The summed E-state index contributed by atoms with van der Waals surface area (Å²) in [5.74, 6) is -3.55. The van der Waals surface area contributed by atoms with E-state index in [2.05, 4.69) is 5.32 Å². The minimum Gasteiger partial charge on any atom is -0.481 e. The maximum absolute atomic E-state index is 10.6. The summed E-state index contributed by atoms with van der Waals surface area (Å²) >= 11 is 5.76. The van der Waals surface area contributed by atoms with E-state index in [1.165, 1.54) is 0 Å². The van der Waals surface area contributed by atoms with Crippen molar-refractivity contribution < 1.29 is 33.0 Å². The largest absolute Gasteiger partial charge is 0.490 e. The highest BCUT2D eigenvalue weighted by atomic mass is 35.5.